The Morgan fingerprint density at radius 2 is 1.27 bits per heavy atom. The first-order valence-electron chi connectivity index (χ1n) is 11.0. The van der Waals surface area contributed by atoms with Gasteiger partial charge in [0.15, 0.2) is 0 Å². The predicted octanol–water partition coefficient (Wildman–Crippen LogP) is 6.48. The van der Waals surface area contributed by atoms with Crippen LogP contribution in [0, 0.1) is 0 Å². The molecule has 4 aromatic carbocycles. The summed E-state index contributed by atoms with van der Waals surface area (Å²) in [5, 5.41) is 14.3. The molecule has 6 rings (SSSR count). The molecule has 1 aliphatic rings. The molecule has 1 aromatic heterocycles. The van der Waals surface area contributed by atoms with Gasteiger partial charge in [-0.3, -0.25) is 10.5 Å². The number of rotatable bonds is 2. The molecule has 5 aromatic rings. The van der Waals surface area contributed by atoms with Crippen molar-refractivity contribution in [1.29, 1.82) is 0 Å². The molecule has 2 N–H and O–H groups in total. The fraction of sp³-hybridized carbons (Fsp3) is 0.0714. The first kappa shape index (κ1) is 26.2. The molecule has 0 aliphatic carbocycles. The summed E-state index contributed by atoms with van der Waals surface area (Å²) in [6, 6.07) is 26.7. The van der Waals surface area contributed by atoms with Crippen LogP contribution in [0.1, 0.15) is 20.7 Å². The molecule has 0 amide bonds. The number of benzene rings is 4. The van der Waals surface area contributed by atoms with Gasteiger partial charge in [-0.05, 0) is 29.8 Å². The second-order valence-corrected chi connectivity index (χ2v) is 10.1. The zero-order valence-electron chi connectivity index (χ0n) is 19.8. The van der Waals surface area contributed by atoms with E-state index in [2.05, 4.69) is 12.1 Å². The Balaban J connectivity index is 0.000000162. The van der Waals surface area contributed by atoms with Crippen LogP contribution in [-0.4, -0.2) is 40.9 Å². The summed E-state index contributed by atoms with van der Waals surface area (Å²) in [7, 11) is 1.43. The number of esters is 2. The van der Waals surface area contributed by atoms with Crippen molar-refractivity contribution in [2.75, 3.05) is 14.2 Å². The maximum absolute atomic E-state index is 12.4. The lowest BCUT2D eigenvalue weighted by molar-refractivity contribution is -0.176. The molecule has 0 saturated heterocycles. The number of fused-ring (bicyclic) bond motifs is 6. The number of thiophene rings is 1. The Kier molecular flexibility index (Phi) is 8.10. The molecule has 0 radical (unpaired) electrons. The molecule has 1 unspecified atom stereocenters. The molecule has 7 nitrogen and oxygen atoms in total. The van der Waals surface area contributed by atoms with E-state index in [0.717, 1.165) is 26.1 Å². The molecule has 0 spiro atoms. The zero-order valence-corrected chi connectivity index (χ0v) is 21.5. The van der Waals surface area contributed by atoms with Gasteiger partial charge in [0.1, 0.15) is 0 Å². The quantitative estimate of drug-likeness (QED) is 0.149. The van der Waals surface area contributed by atoms with E-state index < -0.39 is 16.8 Å². The van der Waals surface area contributed by atoms with E-state index in [0.29, 0.717) is 16.0 Å². The molecule has 1 atom stereocenters. The van der Waals surface area contributed by atoms with Gasteiger partial charge >= 0.3 is 11.9 Å². The van der Waals surface area contributed by atoms with Crippen LogP contribution in [0.5, 0.6) is 0 Å². The molecule has 188 valence electrons. The highest BCUT2D eigenvalue weighted by molar-refractivity contribution is 7.86. The van der Waals surface area contributed by atoms with Gasteiger partial charge in [-0.25, -0.2) is 13.8 Å². The summed E-state index contributed by atoms with van der Waals surface area (Å²) in [5.74, 6) is -0.727. The summed E-state index contributed by atoms with van der Waals surface area (Å²) < 4.78 is 24.2. The van der Waals surface area contributed by atoms with E-state index in [9.17, 15) is 13.8 Å². The van der Waals surface area contributed by atoms with Crippen LogP contribution in [0.3, 0.4) is 0 Å². The van der Waals surface area contributed by atoms with Crippen LogP contribution in [0.2, 0.25) is 0 Å². The van der Waals surface area contributed by atoms with Gasteiger partial charge in [0.05, 0.1) is 50.6 Å². The molecule has 37 heavy (non-hydrogen) atoms. The van der Waals surface area contributed by atoms with Crippen LogP contribution >= 0.6 is 11.3 Å². The normalized spacial score (nSPS) is 12.9. The topological polar surface area (TPSA) is 110 Å². The van der Waals surface area contributed by atoms with Gasteiger partial charge in [0, 0.05) is 21.0 Å². The maximum Gasteiger partial charge on any atom is 0.339 e. The number of hydrogen-bond acceptors (Lipinski definition) is 8. The Hall–Kier alpha value is -3.89. The van der Waals surface area contributed by atoms with Crippen molar-refractivity contribution < 1.29 is 33.8 Å². The number of ether oxygens (including phenoxy) is 2. The number of carbonyl (C=O) groups is 2. The minimum Gasteiger partial charge on any atom is -0.465 e. The molecular weight excluding hydrogens is 512 g/mol. The summed E-state index contributed by atoms with van der Waals surface area (Å²) >= 11 is 1.63. The lowest BCUT2D eigenvalue weighted by Crippen LogP contribution is -2.05. The van der Waals surface area contributed by atoms with Crippen LogP contribution in [0.4, 0.5) is 0 Å². The van der Waals surface area contributed by atoms with Crippen molar-refractivity contribution in [3.8, 4) is 11.1 Å². The van der Waals surface area contributed by atoms with E-state index in [1.807, 2.05) is 60.7 Å². The highest BCUT2D eigenvalue weighted by Crippen LogP contribution is 2.42. The highest BCUT2D eigenvalue weighted by Gasteiger charge is 2.30. The molecule has 1 aliphatic heterocycles. The van der Waals surface area contributed by atoms with Crippen LogP contribution in [0.25, 0.3) is 31.3 Å². The largest absolute Gasteiger partial charge is 0.465 e. The first-order chi connectivity index (χ1) is 18.0. The minimum absolute atomic E-state index is 0.276. The van der Waals surface area contributed by atoms with Crippen molar-refractivity contribution in [3.05, 3.63) is 96.1 Å². The van der Waals surface area contributed by atoms with Crippen molar-refractivity contribution in [2.24, 2.45) is 0 Å². The Labute approximate surface area is 218 Å². The van der Waals surface area contributed by atoms with E-state index in [1.165, 1.54) is 24.3 Å². The van der Waals surface area contributed by atoms with Gasteiger partial charge in [-0.15, -0.1) is 11.3 Å². The van der Waals surface area contributed by atoms with Crippen LogP contribution in [-0.2, 0) is 20.3 Å². The average Bonchev–Trinajstić information content (AvgIpc) is 3.49. The second-order valence-electron chi connectivity index (χ2n) is 7.71. The van der Waals surface area contributed by atoms with E-state index >= 15 is 0 Å². The Bertz CT molecular complexity index is 1640. The first-order valence-corrected chi connectivity index (χ1v) is 12.9. The van der Waals surface area contributed by atoms with Crippen molar-refractivity contribution in [3.63, 3.8) is 0 Å². The maximum atomic E-state index is 12.4. The SMILES string of the molecule is COC(=O)c1cccc2c1S(=O)c1ccccc1-2.COC(=O)c1cccc2c1sc1ccccc12.OO. The minimum atomic E-state index is -1.31. The second kappa shape index (κ2) is 11.4. The van der Waals surface area contributed by atoms with Gasteiger partial charge < -0.3 is 9.47 Å². The monoisotopic (exact) mass is 534 g/mol. The van der Waals surface area contributed by atoms with Gasteiger partial charge in [0.2, 0.25) is 0 Å². The fourth-order valence-electron chi connectivity index (χ4n) is 4.20. The highest BCUT2D eigenvalue weighted by atomic mass is 32.2. The summed E-state index contributed by atoms with van der Waals surface area (Å²) in [6.07, 6.45) is 0. The van der Waals surface area contributed by atoms with E-state index in [-0.39, 0.29) is 5.97 Å². The lowest BCUT2D eigenvalue weighted by Gasteiger charge is -2.04. The van der Waals surface area contributed by atoms with Crippen molar-refractivity contribution in [1.82, 2.24) is 0 Å². The Morgan fingerprint density at radius 1 is 0.703 bits per heavy atom. The summed E-state index contributed by atoms with van der Waals surface area (Å²) in [5.41, 5.74) is 2.80. The summed E-state index contributed by atoms with van der Waals surface area (Å²) in [4.78, 5) is 24.7. The van der Waals surface area contributed by atoms with Gasteiger partial charge in [-0.2, -0.15) is 0 Å². The molecule has 9 heteroatoms. The van der Waals surface area contributed by atoms with Gasteiger partial charge in [-0.1, -0.05) is 60.7 Å². The van der Waals surface area contributed by atoms with Gasteiger partial charge in [0.25, 0.3) is 0 Å². The standard InChI is InChI=1S/C14H10O3S.C14H10O2S.H2O2/c1-17-14(15)11-7-4-6-10-9-5-2-3-8-12(9)18(16)13(10)11;1-16-14(15)11-7-4-6-10-9-5-2-3-8-12(9)17-13(10)11;1-2/h2-8H,1H3;2-8H,1H3;1-2H. The third-order valence-electron chi connectivity index (χ3n) is 5.79. The molecule has 0 fully saturated rings. The summed E-state index contributed by atoms with van der Waals surface area (Å²) in [6.45, 7) is 0. The van der Waals surface area contributed by atoms with Crippen LogP contribution < -0.4 is 0 Å². The lowest BCUT2D eigenvalue weighted by atomic mass is 10.0. The van der Waals surface area contributed by atoms with Crippen LogP contribution in [0.15, 0.2) is 94.7 Å². The average molecular weight is 535 g/mol. The van der Waals surface area contributed by atoms with E-state index in [1.54, 1.807) is 23.5 Å². The smallest absolute Gasteiger partial charge is 0.339 e. The third kappa shape index (κ3) is 4.77. The molecule has 2 heterocycles. The Morgan fingerprint density at radius 3 is 2.03 bits per heavy atom. The number of carbonyl (C=O) groups excluding carboxylic acids is 2. The third-order valence-corrected chi connectivity index (χ3v) is 8.58. The predicted molar refractivity (Wildman–Crippen MR) is 144 cm³/mol. The zero-order chi connectivity index (χ0) is 26.5. The molecule has 0 saturated carbocycles. The van der Waals surface area contributed by atoms with Crippen molar-refractivity contribution >= 4 is 54.2 Å². The van der Waals surface area contributed by atoms with E-state index in [4.69, 9.17) is 20.0 Å². The molecule has 0 bridgehead atoms. The van der Waals surface area contributed by atoms with Crippen molar-refractivity contribution in [2.45, 2.75) is 9.79 Å². The molecular formula is C28H22O7S2. The number of methoxy groups -OCH3 is 2. The number of hydrogen-bond donors (Lipinski definition) is 2. The fourth-order valence-corrected chi connectivity index (χ4v) is 6.93.